The molecule has 0 aliphatic rings. The van der Waals surface area contributed by atoms with Crippen LogP contribution in [0.1, 0.15) is 26.7 Å². The van der Waals surface area contributed by atoms with Crippen molar-refractivity contribution >= 4 is 0 Å². The van der Waals surface area contributed by atoms with Gasteiger partial charge in [-0.2, -0.15) is 4.91 Å². The lowest BCUT2D eigenvalue weighted by molar-refractivity contribution is 0.186. The van der Waals surface area contributed by atoms with E-state index >= 15 is 0 Å². The van der Waals surface area contributed by atoms with Crippen LogP contribution in [0.2, 0.25) is 0 Å². The van der Waals surface area contributed by atoms with Crippen LogP contribution >= 0.6 is 0 Å². The molecule has 1 N–H and O–H groups in total. The highest BCUT2D eigenvalue weighted by molar-refractivity contribution is 4.90. The Morgan fingerprint density at radius 2 is 2.23 bits per heavy atom. The van der Waals surface area contributed by atoms with Gasteiger partial charge in [-0.05, 0) is 19.3 Å². The van der Waals surface area contributed by atoms with Crippen molar-refractivity contribution in [1.82, 2.24) is 0 Å². The molecule has 13 heavy (non-hydrogen) atoms. The predicted octanol–water partition coefficient (Wildman–Crippen LogP) is 2.35. The summed E-state index contributed by atoms with van der Waals surface area (Å²) >= 11 is 0. The van der Waals surface area contributed by atoms with Gasteiger partial charge in [0.25, 0.3) is 0 Å². The van der Waals surface area contributed by atoms with E-state index in [1.165, 1.54) is 0 Å². The molecule has 0 saturated heterocycles. The van der Waals surface area contributed by atoms with Crippen LogP contribution in [0.3, 0.4) is 0 Å². The fraction of sp³-hybridized carbons (Fsp3) is 0.800. The Labute approximate surface area is 79.8 Å². The normalized spacial score (nSPS) is 15.9. The average Bonchev–Trinajstić information content (AvgIpc) is 2.14. The standard InChI is InChI=1S/C10H19NO2/c1-3-5-9(7-11-13)10(8-12)6-4-2/h3,5,9-10,12H,4,6-8H2,1-2H3/b5-3-. The number of rotatable bonds is 7. The number of hydrogen-bond donors (Lipinski definition) is 1. The third kappa shape index (κ3) is 4.78. The molecule has 0 aliphatic carbocycles. The number of nitroso groups, excluding NO2 is 1. The van der Waals surface area contributed by atoms with Crippen LogP contribution in [0.4, 0.5) is 0 Å². The highest BCUT2D eigenvalue weighted by atomic mass is 16.3. The van der Waals surface area contributed by atoms with Gasteiger partial charge < -0.3 is 5.11 Å². The molecule has 2 atom stereocenters. The second kappa shape index (κ2) is 7.92. The first-order valence-corrected chi connectivity index (χ1v) is 4.82. The summed E-state index contributed by atoms with van der Waals surface area (Å²) < 4.78 is 0. The van der Waals surface area contributed by atoms with Crippen molar-refractivity contribution in [3.05, 3.63) is 17.1 Å². The van der Waals surface area contributed by atoms with Crippen LogP contribution in [-0.4, -0.2) is 18.3 Å². The van der Waals surface area contributed by atoms with Gasteiger partial charge in [0.1, 0.15) is 0 Å². The first-order valence-electron chi connectivity index (χ1n) is 4.82. The molecule has 0 aromatic heterocycles. The average molecular weight is 185 g/mol. The van der Waals surface area contributed by atoms with E-state index in [1.807, 2.05) is 19.1 Å². The van der Waals surface area contributed by atoms with Crippen LogP contribution < -0.4 is 0 Å². The molecule has 2 unspecified atom stereocenters. The predicted molar refractivity (Wildman–Crippen MR) is 54.4 cm³/mol. The maximum Gasteiger partial charge on any atom is 0.0877 e. The molecule has 0 radical (unpaired) electrons. The summed E-state index contributed by atoms with van der Waals surface area (Å²) in [5.41, 5.74) is 0. The van der Waals surface area contributed by atoms with Gasteiger partial charge in [-0.15, -0.1) is 0 Å². The molecule has 76 valence electrons. The van der Waals surface area contributed by atoms with Gasteiger partial charge in [0.2, 0.25) is 0 Å². The van der Waals surface area contributed by atoms with E-state index in [0.29, 0.717) is 0 Å². The second-order valence-corrected chi connectivity index (χ2v) is 3.23. The van der Waals surface area contributed by atoms with Crippen molar-refractivity contribution in [3.8, 4) is 0 Å². The van der Waals surface area contributed by atoms with E-state index in [0.717, 1.165) is 12.8 Å². The zero-order valence-corrected chi connectivity index (χ0v) is 8.44. The van der Waals surface area contributed by atoms with Crippen LogP contribution in [0.25, 0.3) is 0 Å². The Balaban J connectivity index is 4.18. The highest BCUT2D eigenvalue weighted by Crippen LogP contribution is 2.19. The molecule has 0 aliphatic heterocycles. The molecule has 0 bridgehead atoms. The Bertz CT molecular complexity index is 157. The molecule has 0 saturated carbocycles. The van der Waals surface area contributed by atoms with Crippen molar-refractivity contribution in [2.24, 2.45) is 17.0 Å². The number of aliphatic hydroxyl groups excluding tert-OH is 1. The van der Waals surface area contributed by atoms with E-state index in [9.17, 15) is 4.91 Å². The van der Waals surface area contributed by atoms with Crippen LogP contribution in [0.15, 0.2) is 17.3 Å². The van der Waals surface area contributed by atoms with Crippen LogP contribution in [0, 0.1) is 16.7 Å². The summed E-state index contributed by atoms with van der Waals surface area (Å²) in [6.45, 7) is 4.40. The van der Waals surface area contributed by atoms with E-state index < -0.39 is 0 Å². The summed E-state index contributed by atoms with van der Waals surface area (Å²) in [7, 11) is 0. The fourth-order valence-corrected chi connectivity index (χ4v) is 1.51. The van der Waals surface area contributed by atoms with E-state index in [1.54, 1.807) is 0 Å². The summed E-state index contributed by atoms with van der Waals surface area (Å²) in [5.74, 6) is 0.284. The van der Waals surface area contributed by atoms with Gasteiger partial charge in [0.05, 0.1) is 6.54 Å². The zero-order chi connectivity index (χ0) is 10.1. The van der Waals surface area contributed by atoms with E-state index in [-0.39, 0.29) is 25.0 Å². The highest BCUT2D eigenvalue weighted by Gasteiger charge is 2.17. The van der Waals surface area contributed by atoms with Gasteiger partial charge in [-0.1, -0.05) is 30.7 Å². The minimum atomic E-state index is 0.104. The lowest BCUT2D eigenvalue weighted by atomic mass is 9.89. The van der Waals surface area contributed by atoms with E-state index in [4.69, 9.17) is 5.11 Å². The molecule has 0 aromatic carbocycles. The summed E-state index contributed by atoms with van der Waals surface area (Å²) in [6, 6.07) is 0. The Morgan fingerprint density at radius 1 is 1.54 bits per heavy atom. The second-order valence-electron chi connectivity index (χ2n) is 3.23. The zero-order valence-electron chi connectivity index (χ0n) is 8.44. The van der Waals surface area contributed by atoms with Gasteiger partial charge in [-0.25, -0.2) is 0 Å². The smallest absolute Gasteiger partial charge is 0.0877 e. The topological polar surface area (TPSA) is 49.7 Å². The van der Waals surface area contributed by atoms with Crippen LogP contribution in [0.5, 0.6) is 0 Å². The number of hydrogen-bond acceptors (Lipinski definition) is 3. The van der Waals surface area contributed by atoms with Gasteiger partial charge in [0.15, 0.2) is 0 Å². The maximum absolute atomic E-state index is 10.1. The molecule has 0 rings (SSSR count). The van der Waals surface area contributed by atoms with E-state index in [2.05, 4.69) is 12.1 Å². The quantitative estimate of drug-likeness (QED) is 0.489. The molecule has 3 heteroatoms. The molecule has 0 aromatic rings. The monoisotopic (exact) mass is 185 g/mol. The molecule has 0 fully saturated rings. The SMILES string of the molecule is C/C=C\C(CN=O)C(CO)CCC. The van der Waals surface area contributed by atoms with Crippen LogP contribution in [-0.2, 0) is 0 Å². The number of allylic oxidation sites excluding steroid dienone is 1. The minimum absolute atomic E-state index is 0.104. The third-order valence-corrected chi connectivity index (χ3v) is 2.22. The Morgan fingerprint density at radius 3 is 2.62 bits per heavy atom. The third-order valence-electron chi connectivity index (χ3n) is 2.22. The summed E-state index contributed by atoms with van der Waals surface area (Å²) in [4.78, 5) is 10.1. The van der Waals surface area contributed by atoms with Gasteiger partial charge in [0, 0.05) is 12.5 Å². The molecule has 0 spiro atoms. The van der Waals surface area contributed by atoms with Crippen molar-refractivity contribution in [2.45, 2.75) is 26.7 Å². The van der Waals surface area contributed by atoms with Gasteiger partial charge >= 0.3 is 0 Å². The molecule has 0 heterocycles. The maximum atomic E-state index is 10.1. The lowest BCUT2D eigenvalue weighted by Crippen LogP contribution is -2.19. The number of nitrogens with zero attached hydrogens (tertiary/aromatic N) is 1. The fourth-order valence-electron chi connectivity index (χ4n) is 1.51. The Hall–Kier alpha value is -0.700. The minimum Gasteiger partial charge on any atom is -0.396 e. The van der Waals surface area contributed by atoms with Crippen molar-refractivity contribution in [3.63, 3.8) is 0 Å². The molecule has 3 nitrogen and oxygen atoms in total. The Kier molecular flexibility index (Phi) is 7.50. The lowest BCUT2D eigenvalue weighted by Gasteiger charge is -2.19. The number of aliphatic hydroxyl groups is 1. The largest absolute Gasteiger partial charge is 0.396 e. The van der Waals surface area contributed by atoms with Gasteiger partial charge in [-0.3, -0.25) is 0 Å². The van der Waals surface area contributed by atoms with Crippen molar-refractivity contribution < 1.29 is 5.11 Å². The molecule has 0 amide bonds. The molecular weight excluding hydrogens is 166 g/mol. The first kappa shape index (κ1) is 12.3. The first-order chi connectivity index (χ1) is 6.29. The molecular formula is C10H19NO2. The van der Waals surface area contributed by atoms with Crippen molar-refractivity contribution in [1.29, 1.82) is 0 Å². The van der Waals surface area contributed by atoms with Crippen molar-refractivity contribution in [2.75, 3.05) is 13.2 Å². The summed E-state index contributed by atoms with van der Waals surface area (Å²) in [6.07, 6.45) is 5.84. The summed E-state index contributed by atoms with van der Waals surface area (Å²) in [5, 5.41) is 12.0.